The lowest BCUT2D eigenvalue weighted by atomic mass is 10.2. The molecule has 0 saturated heterocycles. The highest BCUT2D eigenvalue weighted by molar-refractivity contribution is 9.10. The third-order valence-electron chi connectivity index (χ3n) is 3.07. The van der Waals surface area contributed by atoms with Crippen molar-refractivity contribution in [1.29, 1.82) is 0 Å². The van der Waals surface area contributed by atoms with Crippen molar-refractivity contribution in [3.05, 3.63) is 52.9 Å². The van der Waals surface area contributed by atoms with E-state index < -0.39 is 9.84 Å². The molecule has 20 heavy (non-hydrogen) atoms. The van der Waals surface area contributed by atoms with E-state index in [1.165, 1.54) is 0 Å². The molecular weight excluding hydrogens is 342 g/mol. The van der Waals surface area contributed by atoms with E-state index in [-0.39, 0.29) is 11.8 Å². The van der Waals surface area contributed by atoms with Gasteiger partial charge in [0.25, 0.3) is 0 Å². The van der Waals surface area contributed by atoms with Crippen LogP contribution < -0.4 is 5.32 Å². The molecule has 1 heterocycles. The van der Waals surface area contributed by atoms with E-state index in [0.717, 1.165) is 10.2 Å². The number of hydrogen-bond donors (Lipinski definition) is 1. The van der Waals surface area contributed by atoms with Crippen LogP contribution in [0.2, 0.25) is 0 Å². The Morgan fingerprint density at radius 1 is 1.25 bits per heavy atom. The lowest BCUT2D eigenvalue weighted by Crippen LogP contribution is -2.85. The Hall–Kier alpha value is -1.11. The van der Waals surface area contributed by atoms with Gasteiger partial charge in [-0.25, -0.2) is 8.42 Å². The average Bonchev–Trinajstić information content (AvgIpc) is 2.93. The Morgan fingerprint density at radius 2 is 1.95 bits per heavy atom. The van der Waals surface area contributed by atoms with Gasteiger partial charge in [0.2, 0.25) is 0 Å². The first-order valence-electron chi connectivity index (χ1n) is 6.34. The summed E-state index contributed by atoms with van der Waals surface area (Å²) in [6, 6.07) is 10.6. The number of sulfone groups is 1. The minimum atomic E-state index is -3.22. The summed E-state index contributed by atoms with van der Waals surface area (Å²) in [4.78, 5) is 0.361. The smallest absolute Gasteiger partial charge is 0.183 e. The number of benzene rings is 1. The molecule has 2 aromatic rings. The Balaban J connectivity index is 1.91. The SMILES string of the molecule is C[C@@H]([NH2+]CCS(=O)(=O)c1ccc(Br)cc1)c1ccco1. The van der Waals surface area contributed by atoms with Gasteiger partial charge in [0, 0.05) is 4.47 Å². The van der Waals surface area contributed by atoms with Crippen molar-refractivity contribution in [2.75, 3.05) is 12.3 Å². The molecule has 108 valence electrons. The highest BCUT2D eigenvalue weighted by atomic mass is 79.9. The largest absolute Gasteiger partial charge is 0.463 e. The topological polar surface area (TPSA) is 63.9 Å². The van der Waals surface area contributed by atoms with Gasteiger partial charge in [-0.15, -0.1) is 0 Å². The van der Waals surface area contributed by atoms with Gasteiger partial charge in [-0.1, -0.05) is 15.9 Å². The summed E-state index contributed by atoms with van der Waals surface area (Å²) in [5.41, 5.74) is 0. The second kappa shape index (κ2) is 6.56. The number of furan rings is 1. The van der Waals surface area contributed by atoms with Crippen molar-refractivity contribution < 1.29 is 18.2 Å². The number of nitrogens with two attached hydrogens (primary N) is 1. The molecule has 0 aliphatic heterocycles. The van der Waals surface area contributed by atoms with Gasteiger partial charge in [0.1, 0.15) is 11.8 Å². The third-order valence-corrected chi connectivity index (χ3v) is 5.36. The molecule has 6 heteroatoms. The van der Waals surface area contributed by atoms with Crippen molar-refractivity contribution in [3.8, 4) is 0 Å². The molecule has 0 bridgehead atoms. The van der Waals surface area contributed by atoms with Gasteiger partial charge >= 0.3 is 0 Å². The van der Waals surface area contributed by atoms with Gasteiger partial charge in [0.05, 0.1) is 17.7 Å². The number of rotatable bonds is 6. The predicted molar refractivity (Wildman–Crippen MR) is 80.1 cm³/mol. The highest BCUT2D eigenvalue weighted by Gasteiger charge is 2.17. The molecule has 2 N–H and O–H groups in total. The number of quaternary nitrogens is 1. The van der Waals surface area contributed by atoms with E-state index in [4.69, 9.17) is 4.42 Å². The summed E-state index contributed by atoms with van der Waals surface area (Å²) in [5, 5.41) is 1.97. The average molecular weight is 359 g/mol. The normalized spacial score (nSPS) is 13.3. The molecular formula is C14H17BrNO3S+. The number of halogens is 1. The molecule has 2 rings (SSSR count). The van der Waals surface area contributed by atoms with Crippen molar-refractivity contribution in [3.63, 3.8) is 0 Å². The predicted octanol–water partition coefficient (Wildman–Crippen LogP) is 2.14. The van der Waals surface area contributed by atoms with E-state index in [0.29, 0.717) is 11.4 Å². The van der Waals surface area contributed by atoms with Crippen LogP contribution in [0.25, 0.3) is 0 Å². The van der Waals surface area contributed by atoms with Crippen LogP contribution in [0, 0.1) is 0 Å². The summed E-state index contributed by atoms with van der Waals surface area (Å²) in [6.45, 7) is 2.49. The van der Waals surface area contributed by atoms with Gasteiger partial charge in [-0.05, 0) is 43.3 Å². The standard InChI is InChI=1S/C14H16BrNO3S/c1-11(14-3-2-9-19-14)16-8-10-20(17,18)13-6-4-12(15)5-7-13/h2-7,9,11,16H,8,10H2,1H3/p+1/t11-/m1/s1. The molecule has 0 amide bonds. The van der Waals surface area contributed by atoms with Gasteiger partial charge < -0.3 is 9.73 Å². The summed E-state index contributed by atoms with van der Waals surface area (Å²) >= 11 is 3.29. The van der Waals surface area contributed by atoms with Crippen LogP contribution in [-0.2, 0) is 9.84 Å². The quantitative estimate of drug-likeness (QED) is 0.860. The van der Waals surface area contributed by atoms with E-state index in [2.05, 4.69) is 15.9 Å². The van der Waals surface area contributed by atoms with Crippen LogP contribution in [0.5, 0.6) is 0 Å². The maximum atomic E-state index is 12.2. The third kappa shape index (κ3) is 3.94. The second-order valence-corrected chi connectivity index (χ2v) is 7.63. The molecule has 0 aliphatic carbocycles. The van der Waals surface area contributed by atoms with Crippen LogP contribution in [0.1, 0.15) is 18.7 Å². The maximum Gasteiger partial charge on any atom is 0.183 e. The first-order valence-corrected chi connectivity index (χ1v) is 8.78. The maximum absolute atomic E-state index is 12.2. The monoisotopic (exact) mass is 358 g/mol. The van der Waals surface area contributed by atoms with E-state index in [9.17, 15) is 8.42 Å². The van der Waals surface area contributed by atoms with Crippen molar-refractivity contribution >= 4 is 25.8 Å². The van der Waals surface area contributed by atoms with Crippen LogP contribution >= 0.6 is 15.9 Å². The Kier molecular flexibility index (Phi) is 5.01. The molecule has 0 unspecified atom stereocenters. The molecule has 1 aromatic heterocycles. The van der Waals surface area contributed by atoms with Gasteiger partial charge in [-0.3, -0.25) is 0 Å². The zero-order chi connectivity index (χ0) is 14.6. The number of hydrogen-bond acceptors (Lipinski definition) is 3. The van der Waals surface area contributed by atoms with Crippen LogP contribution in [0.15, 0.2) is 56.4 Å². The van der Waals surface area contributed by atoms with Crippen LogP contribution in [-0.4, -0.2) is 20.7 Å². The van der Waals surface area contributed by atoms with Gasteiger partial charge in [0.15, 0.2) is 15.6 Å². The lowest BCUT2D eigenvalue weighted by molar-refractivity contribution is -0.690. The zero-order valence-corrected chi connectivity index (χ0v) is 13.5. The second-order valence-electron chi connectivity index (χ2n) is 4.60. The van der Waals surface area contributed by atoms with E-state index in [1.807, 2.05) is 24.4 Å². The molecule has 1 atom stereocenters. The molecule has 0 aliphatic rings. The van der Waals surface area contributed by atoms with Gasteiger partial charge in [-0.2, -0.15) is 0 Å². The Bertz CT molecular complexity index is 636. The fourth-order valence-electron chi connectivity index (χ4n) is 1.90. The van der Waals surface area contributed by atoms with E-state index in [1.54, 1.807) is 30.5 Å². The highest BCUT2D eigenvalue weighted by Crippen LogP contribution is 2.15. The van der Waals surface area contributed by atoms with Crippen molar-refractivity contribution in [2.45, 2.75) is 17.9 Å². The van der Waals surface area contributed by atoms with Crippen LogP contribution in [0.4, 0.5) is 0 Å². The van der Waals surface area contributed by atoms with Crippen LogP contribution in [0.3, 0.4) is 0 Å². The van der Waals surface area contributed by atoms with Crippen molar-refractivity contribution in [2.24, 2.45) is 0 Å². The summed E-state index contributed by atoms with van der Waals surface area (Å²) in [5.74, 6) is 0.964. The summed E-state index contributed by atoms with van der Waals surface area (Å²) in [7, 11) is -3.22. The molecule has 0 fully saturated rings. The first kappa shape index (κ1) is 15.3. The first-order chi connectivity index (χ1) is 9.49. The molecule has 1 aromatic carbocycles. The lowest BCUT2D eigenvalue weighted by Gasteiger charge is -2.08. The fraction of sp³-hybridized carbons (Fsp3) is 0.286. The van der Waals surface area contributed by atoms with E-state index >= 15 is 0 Å². The Labute approximate surface area is 127 Å². The van der Waals surface area contributed by atoms with Crippen molar-refractivity contribution in [1.82, 2.24) is 0 Å². The molecule has 0 spiro atoms. The molecule has 4 nitrogen and oxygen atoms in total. The zero-order valence-electron chi connectivity index (χ0n) is 11.1. The fourth-order valence-corrected chi connectivity index (χ4v) is 3.40. The minimum Gasteiger partial charge on any atom is -0.463 e. The summed E-state index contributed by atoms with van der Waals surface area (Å²) in [6.07, 6.45) is 1.62. The summed E-state index contributed by atoms with van der Waals surface area (Å²) < 4.78 is 30.5. The minimum absolute atomic E-state index is 0.111. The Morgan fingerprint density at radius 3 is 2.55 bits per heavy atom. The molecule has 0 saturated carbocycles. The molecule has 0 radical (unpaired) electrons.